The quantitative estimate of drug-likeness (QED) is 0.798. The molecule has 2 aromatic carbocycles. The molecule has 0 saturated carbocycles. The second-order valence-electron chi connectivity index (χ2n) is 5.04. The minimum absolute atomic E-state index is 0.0112. The predicted molar refractivity (Wildman–Crippen MR) is 85.6 cm³/mol. The molecule has 0 aromatic heterocycles. The number of fused-ring (bicyclic) bond motifs is 1. The van der Waals surface area contributed by atoms with E-state index < -0.39 is 0 Å². The Bertz CT molecular complexity index is 711. The Morgan fingerprint density at radius 1 is 1.10 bits per heavy atom. The molecule has 0 spiro atoms. The van der Waals surface area contributed by atoms with Crippen molar-refractivity contribution in [3.8, 4) is 0 Å². The maximum atomic E-state index is 12.4. The SMILES string of the molecule is O=C(CN1C(=O)CCc2ccccc21)c1cccc(Br)c1. The minimum Gasteiger partial charge on any atom is -0.304 e. The van der Waals surface area contributed by atoms with Gasteiger partial charge in [0.05, 0.1) is 6.54 Å². The molecular weight excluding hydrogens is 330 g/mol. The molecular formula is C17H14BrNO2. The van der Waals surface area contributed by atoms with E-state index in [1.54, 1.807) is 17.0 Å². The lowest BCUT2D eigenvalue weighted by Crippen LogP contribution is -2.39. The van der Waals surface area contributed by atoms with Crippen molar-refractivity contribution < 1.29 is 9.59 Å². The summed E-state index contributed by atoms with van der Waals surface area (Å²) in [5.41, 5.74) is 2.59. The van der Waals surface area contributed by atoms with Gasteiger partial charge in [-0.15, -0.1) is 0 Å². The lowest BCUT2D eigenvalue weighted by Gasteiger charge is -2.28. The number of rotatable bonds is 3. The predicted octanol–water partition coefficient (Wildman–Crippen LogP) is 3.61. The van der Waals surface area contributed by atoms with E-state index in [-0.39, 0.29) is 18.2 Å². The van der Waals surface area contributed by atoms with Crippen molar-refractivity contribution in [1.82, 2.24) is 0 Å². The molecule has 0 N–H and O–H groups in total. The molecule has 1 aliphatic rings. The summed E-state index contributed by atoms with van der Waals surface area (Å²) >= 11 is 3.36. The summed E-state index contributed by atoms with van der Waals surface area (Å²) in [4.78, 5) is 26.2. The van der Waals surface area contributed by atoms with E-state index in [4.69, 9.17) is 0 Å². The highest BCUT2D eigenvalue weighted by Crippen LogP contribution is 2.27. The van der Waals surface area contributed by atoms with Crippen LogP contribution in [0.25, 0.3) is 0 Å². The van der Waals surface area contributed by atoms with Crippen molar-refractivity contribution in [2.45, 2.75) is 12.8 Å². The fourth-order valence-corrected chi connectivity index (χ4v) is 2.97. The van der Waals surface area contributed by atoms with Crippen LogP contribution in [0.5, 0.6) is 0 Å². The number of benzene rings is 2. The van der Waals surface area contributed by atoms with Gasteiger partial charge in [0, 0.05) is 22.1 Å². The molecule has 0 saturated heterocycles. The zero-order valence-electron chi connectivity index (χ0n) is 11.4. The Labute approximate surface area is 131 Å². The number of Topliss-reactive ketones (excluding diaryl/α,β-unsaturated/α-hetero) is 1. The Morgan fingerprint density at radius 3 is 2.71 bits per heavy atom. The lowest BCUT2D eigenvalue weighted by atomic mass is 10.0. The van der Waals surface area contributed by atoms with Crippen LogP contribution in [0, 0.1) is 0 Å². The summed E-state index contributed by atoms with van der Waals surface area (Å²) in [6.07, 6.45) is 1.21. The number of halogens is 1. The van der Waals surface area contributed by atoms with E-state index >= 15 is 0 Å². The van der Waals surface area contributed by atoms with Gasteiger partial charge in [0.15, 0.2) is 5.78 Å². The first-order valence-corrected chi connectivity index (χ1v) is 7.61. The van der Waals surface area contributed by atoms with Gasteiger partial charge in [0.1, 0.15) is 0 Å². The van der Waals surface area contributed by atoms with Crippen LogP contribution in [0.4, 0.5) is 5.69 Å². The van der Waals surface area contributed by atoms with E-state index in [9.17, 15) is 9.59 Å². The molecule has 0 aliphatic carbocycles. The maximum Gasteiger partial charge on any atom is 0.227 e. The molecule has 2 aromatic rings. The maximum absolute atomic E-state index is 12.4. The third-order valence-corrected chi connectivity index (χ3v) is 4.13. The Hall–Kier alpha value is -1.94. The molecule has 0 atom stereocenters. The summed E-state index contributed by atoms with van der Waals surface area (Å²) in [6.45, 7) is 0.0896. The van der Waals surface area contributed by atoms with Crippen molar-refractivity contribution in [2.24, 2.45) is 0 Å². The summed E-state index contributed by atoms with van der Waals surface area (Å²) in [7, 11) is 0. The Morgan fingerprint density at radius 2 is 1.90 bits per heavy atom. The van der Waals surface area contributed by atoms with E-state index in [1.807, 2.05) is 36.4 Å². The van der Waals surface area contributed by atoms with Crippen LogP contribution in [-0.2, 0) is 11.2 Å². The zero-order chi connectivity index (χ0) is 14.8. The summed E-state index contributed by atoms with van der Waals surface area (Å²) in [5, 5.41) is 0. The second-order valence-corrected chi connectivity index (χ2v) is 5.96. The molecule has 4 heteroatoms. The van der Waals surface area contributed by atoms with Crippen LogP contribution in [-0.4, -0.2) is 18.2 Å². The smallest absolute Gasteiger partial charge is 0.227 e. The van der Waals surface area contributed by atoms with Gasteiger partial charge >= 0.3 is 0 Å². The molecule has 106 valence electrons. The van der Waals surface area contributed by atoms with Crippen LogP contribution in [0.2, 0.25) is 0 Å². The number of ketones is 1. The zero-order valence-corrected chi connectivity index (χ0v) is 13.0. The Balaban J connectivity index is 1.87. The number of anilines is 1. The molecule has 0 unspecified atom stereocenters. The average molecular weight is 344 g/mol. The fraction of sp³-hybridized carbons (Fsp3) is 0.176. The van der Waals surface area contributed by atoms with Crippen LogP contribution < -0.4 is 4.90 Å². The van der Waals surface area contributed by atoms with Gasteiger partial charge in [-0.2, -0.15) is 0 Å². The highest BCUT2D eigenvalue weighted by Gasteiger charge is 2.25. The summed E-state index contributed by atoms with van der Waals surface area (Å²) < 4.78 is 0.860. The largest absolute Gasteiger partial charge is 0.304 e. The first-order chi connectivity index (χ1) is 10.1. The Kier molecular flexibility index (Phi) is 3.88. The molecule has 1 amide bonds. The van der Waals surface area contributed by atoms with Gasteiger partial charge in [-0.3, -0.25) is 9.59 Å². The number of aryl methyl sites for hydroxylation is 1. The van der Waals surface area contributed by atoms with Gasteiger partial charge < -0.3 is 4.90 Å². The lowest BCUT2D eigenvalue weighted by molar-refractivity contribution is -0.118. The van der Waals surface area contributed by atoms with Gasteiger partial charge in [-0.25, -0.2) is 0 Å². The fourth-order valence-electron chi connectivity index (χ4n) is 2.57. The molecule has 0 fully saturated rings. The van der Waals surface area contributed by atoms with Crippen molar-refractivity contribution in [1.29, 1.82) is 0 Å². The van der Waals surface area contributed by atoms with E-state index in [0.29, 0.717) is 12.0 Å². The van der Waals surface area contributed by atoms with Crippen LogP contribution >= 0.6 is 15.9 Å². The van der Waals surface area contributed by atoms with Crippen molar-refractivity contribution in [3.05, 3.63) is 64.1 Å². The second kappa shape index (κ2) is 5.82. The van der Waals surface area contributed by atoms with Gasteiger partial charge in [0.25, 0.3) is 0 Å². The van der Waals surface area contributed by atoms with Crippen LogP contribution in [0.1, 0.15) is 22.3 Å². The highest BCUT2D eigenvalue weighted by atomic mass is 79.9. The number of hydrogen-bond acceptors (Lipinski definition) is 2. The molecule has 1 heterocycles. The number of hydrogen-bond donors (Lipinski definition) is 0. The molecule has 0 bridgehead atoms. The monoisotopic (exact) mass is 343 g/mol. The number of nitrogens with zero attached hydrogens (tertiary/aromatic N) is 1. The molecule has 0 radical (unpaired) electrons. The van der Waals surface area contributed by atoms with Gasteiger partial charge in [-0.05, 0) is 30.2 Å². The molecule has 3 rings (SSSR count). The number of amides is 1. The summed E-state index contributed by atoms with van der Waals surface area (Å²) in [6, 6.07) is 15.0. The van der Waals surface area contributed by atoms with Crippen LogP contribution in [0.15, 0.2) is 53.0 Å². The number of para-hydroxylation sites is 1. The summed E-state index contributed by atoms with van der Waals surface area (Å²) in [5.74, 6) is -0.0431. The highest BCUT2D eigenvalue weighted by molar-refractivity contribution is 9.10. The third-order valence-electron chi connectivity index (χ3n) is 3.64. The average Bonchev–Trinajstić information content (AvgIpc) is 2.50. The van der Waals surface area contributed by atoms with Crippen molar-refractivity contribution in [3.63, 3.8) is 0 Å². The van der Waals surface area contributed by atoms with Crippen molar-refractivity contribution in [2.75, 3.05) is 11.4 Å². The minimum atomic E-state index is -0.0543. The van der Waals surface area contributed by atoms with Crippen molar-refractivity contribution >= 4 is 33.3 Å². The topological polar surface area (TPSA) is 37.4 Å². The van der Waals surface area contributed by atoms with E-state index in [2.05, 4.69) is 15.9 Å². The molecule has 21 heavy (non-hydrogen) atoms. The van der Waals surface area contributed by atoms with E-state index in [1.165, 1.54) is 0 Å². The first kappa shape index (κ1) is 14.0. The molecule has 1 aliphatic heterocycles. The standard InChI is InChI=1S/C17H14BrNO2/c18-14-6-3-5-13(10-14)16(20)11-19-15-7-2-1-4-12(15)8-9-17(19)21/h1-7,10H,8-9,11H2. The molecule has 3 nitrogen and oxygen atoms in total. The number of carbonyl (C=O) groups is 2. The number of carbonyl (C=O) groups excluding carboxylic acids is 2. The van der Waals surface area contributed by atoms with Gasteiger partial charge in [0.2, 0.25) is 5.91 Å². The first-order valence-electron chi connectivity index (χ1n) is 6.82. The normalized spacial score (nSPS) is 14.0. The van der Waals surface area contributed by atoms with E-state index in [0.717, 1.165) is 22.1 Å². The third kappa shape index (κ3) is 2.90. The van der Waals surface area contributed by atoms with Gasteiger partial charge in [-0.1, -0.05) is 46.3 Å². The van der Waals surface area contributed by atoms with Crippen LogP contribution in [0.3, 0.4) is 0 Å².